The van der Waals surface area contributed by atoms with Crippen LogP contribution in [0.1, 0.15) is 32.9 Å². The fourth-order valence-electron chi connectivity index (χ4n) is 3.62. The second kappa shape index (κ2) is 12.2. The number of pyridine rings is 2. The molecule has 0 radical (unpaired) electrons. The number of carbonyl (C=O) groups is 2. The fourth-order valence-corrected chi connectivity index (χ4v) is 3.62. The number of benzene rings is 2. The van der Waals surface area contributed by atoms with Gasteiger partial charge in [-0.05, 0) is 59.7 Å². The number of aromatic carboxylic acids is 1. The van der Waals surface area contributed by atoms with E-state index in [1.165, 1.54) is 0 Å². The lowest BCUT2D eigenvalue weighted by atomic mass is 10.1. The van der Waals surface area contributed by atoms with Crippen LogP contribution in [0.3, 0.4) is 0 Å². The molecular weight excluding hydrogens is 452 g/mol. The van der Waals surface area contributed by atoms with Gasteiger partial charge in [-0.2, -0.15) is 0 Å². The molecule has 0 bridgehead atoms. The molecule has 2 aromatic heterocycles. The van der Waals surface area contributed by atoms with Crippen LogP contribution in [0.2, 0.25) is 0 Å². The number of carboxylic acids is 1. The molecule has 36 heavy (non-hydrogen) atoms. The fraction of sp³-hybridized carbons (Fsp3) is 0.103. The molecule has 7 nitrogen and oxygen atoms in total. The normalized spacial score (nSPS) is 11.0. The van der Waals surface area contributed by atoms with Crippen LogP contribution in [0.5, 0.6) is 0 Å². The molecule has 0 fully saturated rings. The summed E-state index contributed by atoms with van der Waals surface area (Å²) in [4.78, 5) is 34.6. The first-order chi connectivity index (χ1) is 17.5. The molecule has 2 aromatic carbocycles. The van der Waals surface area contributed by atoms with Crippen molar-refractivity contribution >= 4 is 29.7 Å². The van der Waals surface area contributed by atoms with Crippen molar-refractivity contribution in [2.24, 2.45) is 0 Å². The Bertz CT molecular complexity index is 1270. The highest BCUT2D eigenvalue weighted by Crippen LogP contribution is 2.14. The summed E-state index contributed by atoms with van der Waals surface area (Å²) in [5, 5.41) is 12.0. The molecule has 4 aromatic rings. The van der Waals surface area contributed by atoms with Crippen molar-refractivity contribution in [2.75, 3.05) is 11.9 Å². The Hall–Kier alpha value is -4.62. The highest BCUT2D eigenvalue weighted by atomic mass is 16.4. The van der Waals surface area contributed by atoms with Crippen molar-refractivity contribution in [3.05, 3.63) is 125 Å². The van der Waals surface area contributed by atoms with E-state index < -0.39 is 5.97 Å². The summed E-state index contributed by atoms with van der Waals surface area (Å²) < 4.78 is 0. The monoisotopic (exact) mass is 478 g/mol. The number of hydrogen-bond acceptors (Lipinski definition) is 5. The van der Waals surface area contributed by atoms with Crippen molar-refractivity contribution in [3.63, 3.8) is 0 Å². The van der Waals surface area contributed by atoms with Crippen LogP contribution in [0.4, 0.5) is 5.69 Å². The van der Waals surface area contributed by atoms with E-state index in [0.29, 0.717) is 18.8 Å². The molecule has 0 aliphatic rings. The molecule has 0 atom stereocenters. The highest BCUT2D eigenvalue weighted by Gasteiger charge is 2.14. The highest BCUT2D eigenvalue weighted by molar-refractivity contribution is 5.92. The topological polar surface area (TPSA) is 95.4 Å². The molecular formula is C29H26N4O3. The number of rotatable bonds is 10. The van der Waals surface area contributed by atoms with E-state index in [0.717, 1.165) is 22.5 Å². The Morgan fingerprint density at radius 2 is 1.28 bits per heavy atom. The van der Waals surface area contributed by atoms with Gasteiger partial charge in [-0.1, -0.05) is 48.6 Å². The zero-order valence-electron chi connectivity index (χ0n) is 19.6. The lowest BCUT2D eigenvalue weighted by Gasteiger charge is -2.21. The van der Waals surface area contributed by atoms with Crippen molar-refractivity contribution in [1.29, 1.82) is 0 Å². The summed E-state index contributed by atoms with van der Waals surface area (Å²) in [6.07, 6.45) is 7.33. The van der Waals surface area contributed by atoms with Crippen LogP contribution in [0.25, 0.3) is 12.2 Å². The number of carbonyl (C=O) groups excluding carboxylic acids is 1. The standard InChI is InChI=1S/C29H26N4O3/c34-28(21-33(19-26-5-1-3-17-30-26)20-27-6-2-4-18-31-27)32-25-15-11-23(12-16-25)8-7-22-9-13-24(14-10-22)29(35)36/h1-18H,19-21H2,(H,32,34)(H,35,36)/b8-7+. The third kappa shape index (κ3) is 7.44. The van der Waals surface area contributed by atoms with E-state index in [4.69, 9.17) is 5.11 Å². The second-order valence-corrected chi connectivity index (χ2v) is 8.22. The Labute approximate surface area is 209 Å². The average molecular weight is 479 g/mol. The van der Waals surface area contributed by atoms with E-state index in [9.17, 15) is 9.59 Å². The van der Waals surface area contributed by atoms with Gasteiger partial charge in [0.1, 0.15) is 0 Å². The molecule has 0 saturated carbocycles. The van der Waals surface area contributed by atoms with Gasteiger partial charge in [-0.25, -0.2) is 4.79 Å². The largest absolute Gasteiger partial charge is 0.478 e. The van der Waals surface area contributed by atoms with Gasteiger partial charge in [0.2, 0.25) is 5.91 Å². The van der Waals surface area contributed by atoms with Gasteiger partial charge < -0.3 is 10.4 Å². The van der Waals surface area contributed by atoms with Gasteiger partial charge in [-0.15, -0.1) is 0 Å². The number of anilines is 1. The van der Waals surface area contributed by atoms with E-state index in [1.54, 1.807) is 36.7 Å². The minimum absolute atomic E-state index is 0.122. The second-order valence-electron chi connectivity index (χ2n) is 8.22. The van der Waals surface area contributed by atoms with E-state index >= 15 is 0 Å². The van der Waals surface area contributed by atoms with Crippen molar-refractivity contribution in [1.82, 2.24) is 14.9 Å². The smallest absolute Gasteiger partial charge is 0.335 e. The first-order valence-electron chi connectivity index (χ1n) is 11.5. The van der Waals surface area contributed by atoms with Crippen LogP contribution >= 0.6 is 0 Å². The minimum Gasteiger partial charge on any atom is -0.478 e. The zero-order chi connectivity index (χ0) is 25.2. The molecule has 1 amide bonds. The summed E-state index contributed by atoms with van der Waals surface area (Å²) in [6, 6.07) is 25.7. The van der Waals surface area contributed by atoms with Gasteiger partial charge in [0.05, 0.1) is 23.5 Å². The number of nitrogens with one attached hydrogen (secondary N) is 1. The van der Waals surface area contributed by atoms with Crippen LogP contribution < -0.4 is 5.32 Å². The van der Waals surface area contributed by atoms with Crippen molar-refractivity contribution < 1.29 is 14.7 Å². The summed E-state index contributed by atoms with van der Waals surface area (Å²) in [5.41, 5.74) is 4.59. The lowest BCUT2D eigenvalue weighted by Crippen LogP contribution is -2.33. The van der Waals surface area contributed by atoms with Crippen LogP contribution in [0.15, 0.2) is 97.3 Å². The zero-order valence-corrected chi connectivity index (χ0v) is 19.6. The summed E-state index contributed by atoms with van der Waals surface area (Å²) in [5.74, 6) is -1.07. The molecule has 0 aliphatic carbocycles. The van der Waals surface area contributed by atoms with Crippen LogP contribution in [-0.2, 0) is 17.9 Å². The van der Waals surface area contributed by atoms with Gasteiger partial charge in [0, 0.05) is 31.2 Å². The van der Waals surface area contributed by atoms with Gasteiger partial charge in [0.15, 0.2) is 0 Å². The number of aromatic nitrogens is 2. The van der Waals surface area contributed by atoms with Gasteiger partial charge >= 0.3 is 5.97 Å². The molecule has 0 unspecified atom stereocenters. The molecule has 4 rings (SSSR count). The molecule has 2 N–H and O–H groups in total. The first kappa shape index (κ1) is 24.5. The van der Waals surface area contributed by atoms with Crippen molar-refractivity contribution in [3.8, 4) is 0 Å². The maximum Gasteiger partial charge on any atom is 0.335 e. The quantitative estimate of drug-likeness (QED) is 0.312. The molecule has 7 heteroatoms. The van der Waals surface area contributed by atoms with E-state index in [-0.39, 0.29) is 18.0 Å². The third-order valence-corrected chi connectivity index (χ3v) is 5.41. The van der Waals surface area contributed by atoms with E-state index in [2.05, 4.69) is 15.3 Å². The Morgan fingerprint density at radius 1 is 0.750 bits per heavy atom. The summed E-state index contributed by atoms with van der Waals surface area (Å²) >= 11 is 0. The predicted octanol–water partition coefficient (Wildman–Crippen LogP) is 4.99. The third-order valence-electron chi connectivity index (χ3n) is 5.41. The average Bonchev–Trinajstić information content (AvgIpc) is 2.89. The van der Waals surface area contributed by atoms with Gasteiger partial charge in [-0.3, -0.25) is 19.7 Å². The number of hydrogen-bond donors (Lipinski definition) is 2. The van der Waals surface area contributed by atoms with Crippen LogP contribution in [0, 0.1) is 0 Å². The minimum atomic E-state index is -0.945. The maximum atomic E-state index is 12.8. The summed E-state index contributed by atoms with van der Waals surface area (Å²) in [7, 11) is 0. The Morgan fingerprint density at radius 3 is 1.75 bits per heavy atom. The first-order valence-corrected chi connectivity index (χ1v) is 11.5. The SMILES string of the molecule is O=C(CN(Cc1ccccn1)Cc1ccccn1)Nc1ccc(/C=C/c2ccc(C(=O)O)cc2)cc1. The Balaban J connectivity index is 1.36. The molecule has 2 heterocycles. The molecule has 180 valence electrons. The molecule has 0 spiro atoms. The molecule has 0 aliphatic heterocycles. The van der Waals surface area contributed by atoms with Crippen LogP contribution in [-0.4, -0.2) is 38.4 Å². The van der Waals surface area contributed by atoms with E-state index in [1.807, 2.05) is 77.7 Å². The maximum absolute atomic E-state index is 12.8. The lowest BCUT2D eigenvalue weighted by molar-refractivity contribution is -0.117. The summed E-state index contributed by atoms with van der Waals surface area (Å²) in [6.45, 7) is 1.26. The predicted molar refractivity (Wildman–Crippen MR) is 140 cm³/mol. The van der Waals surface area contributed by atoms with Crippen molar-refractivity contribution in [2.45, 2.75) is 13.1 Å². The molecule has 0 saturated heterocycles. The number of carboxylic acid groups (broad SMARTS) is 1. The number of nitrogens with zero attached hydrogens (tertiary/aromatic N) is 3. The van der Waals surface area contributed by atoms with Gasteiger partial charge in [0.25, 0.3) is 0 Å². The Kier molecular flexibility index (Phi) is 8.30. The number of amides is 1.